The van der Waals surface area contributed by atoms with Crippen molar-refractivity contribution >= 4 is 88.0 Å². The van der Waals surface area contributed by atoms with E-state index in [9.17, 15) is 0 Å². The minimum absolute atomic E-state index is 0.455. The number of hydrogen-bond acceptors (Lipinski definition) is 2. The van der Waals surface area contributed by atoms with E-state index in [2.05, 4.69) is 221 Å². The number of rotatable bonds is 8. The van der Waals surface area contributed by atoms with Gasteiger partial charge in [0.25, 0.3) is 0 Å². The predicted octanol–water partition coefficient (Wildman–Crippen LogP) is 16.7. The fraction of sp³-hybridized carbons (Fsp3) is 0.143. The Morgan fingerprint density at radius 2 is 0.690 bits per heavy atom. The highest BCUT2D eigenvalue weighted by Crippen LogP contribution is 2.50. The third-order valence-corrected chi connectivity index (χ3v) is 12.4. The van der Waals surface area contributed by atoms with Gasteiger partial charge in [-0.15, -0.1) is 0 Å². The van der Waals surface area contributed by atoms with Gasteiger partial charge < -0.3 is 9.80 Å². The van der Waals surface area contributed by atoms with Crippen LogP contribution in [0.4, 0.5) is 34.1 Å². The molecule has 10 rings (SSSR count). The molecule has 2 nitrogen and oxygen atoms in total. The second-order valence-electron chi connectivity index (χ2n) is 16.7. The number of anilines is 6. The first-order chi connectivity index (χ1) is 28.3. The highest BCUT2D eigenvalue weighted by atomic mass is 15.2. The Labute approximate surface area is 341 Å². The molecule has 0 aliphatic heterocycles. The molecule has 0 saturated heterocycles. The molecule has 0 bridgehead atoms. The van der Waals surface area contributed by atoms with E-state index in [1.165, 1.54) is 98.9 Å². The fourth-order valence-electron chi connectivity index (χ4n) is 9.31. The molecule has 0 aromatic heterocycles. The van der Waals surface area contributed by atoms with E-state index in [-0.39, 0.29) is 0 Å². The smallest absolute Gasteiger partial charge is 0.0543 e. The zero-order valence-corrected chi connectivity index (χ0v) is 34.2. The summed E-state index contributed by atoms with van der Waals surface area (Å²) in [6.07, 6.45) is 0. The fourth-order valence-corrected chi connectivity index (χ4v) is 9.31. The minimum Gasteiger partial charge on any atom is -0.309 e. The number of hydrogen-bond donors (Lipinski definition) is 0. The lowest BCUT2D eigenvalue weighted by Crippen LogP contribution is -2.13. The van der Waals surface area contributed by atoms with Crippen molar-refractivity contribution in [1.82, 2.24) is 0 Å². The van der Waals surface area contributed by atoms with Crippen molar-refractivity contribution < 1.29 is 0 Å². The summed E-state index contributed by atoms with van der Waals surface area (Å²) in [6, 6.07) is 63.6. The zero-order chi connectivity index (χ0) is 39.7. The van der Waals surface area contributed by atoms with Gasteiger partial charge in [0.05, 0.1) is 22.7 Å². The monoisotopic (exact) mass is 748 g/mol. The summed E-state index contributed by atoms with van der Waals surface area (Å²) in [4.78, 5) is 5.00. The Morgan fingerprint density at radius 1 is 0.328 bits per heavy atom. The molecule has 0 atom stereocenters. The van der Waals surface area contributed by atoms with Crippen LogP contribution in [-0.2, 0) is 0 Å². The SMILES string of the molecule is Cc1cc(N(c2ccc(C(C)C)cc2)c2cccc3ccccc23)c2ccc3c(C)cc(N(c4ccc(C(C)C)cc4)c4cccc5ccccc45)c4ccc1c2c34. The van der Waals surface area contributed by atoms with Gasteiger partial charge in [0, 0.05) is 32.9 Å². The van der Waals surface area contributed by atoms with Gasteiger partial charge in [-0.3, -0.25) is 0 Å². The van der Waals surface area contributed by atoms with Crippen molar-refractivity contribution in [1.29, 1.82) is 0 Å². The van der Waals surface area contributed by atoms with E-state index >= 15 is 0 Å². The van der Waals surface area contributed by atoms with E-state index in [1.54, 1.807) is 0 Å². The molecule has 0 aliphatic rings. The van der Waals surface area contributed by atoms with E-state index < -0.39 is 0 Å². The molecule has 0 N–H and O–H groups in total. The molecule has 10 aromatic rings. The molecule has 282 valence electrons. The second-order valence-corrected chi connectivity index (χ2v) is 16.7. The lowest BCUT2D eigenvalue weighted by molar-refractivity contribution is 0.866. The molecular formula is C56H48N2. The number of fused-ring (bicyclic) bond motifs is 2. The van der Waals surface area contributed by atoms with Crippen LogP contribution in [0.5, 0.6) is 0 Å². The highest BCUT2D eigenvalue weighted by molar-refractivity contribution is 6.29. The Kier molecular flexibility index (Phi) is 8.68. The average molecular weight is 749 g/mol. The normalized spacial score (nSPS) is 11.9. The van der Waals surface area contributed by atoms with Crippen molar-refractivity contribution in [2.75, 3.05) is 9.80 Å². The molecule has 0 amide bonds. The van der Waals surface area contributed by atoms with E-state index in [4.69, 9.17) is 0 Å². The van der Waals surface area contributed by atoms with Crippen molar-refractivity contribution in [2.24, 2.45) is 0 Å². The first-order valence-electron chi connectivity index (χ1n) is 20.7. The number of nitrogens with zero attached hydrogens (tertiary/aromatic N) is 2. The Morgan fingerprint density at radius 3 is 1.09 bits per heavy atom. The van der Waals surface area contributed by atoms with Gasteiger partial charge in [0.15, 0.2) is 0 Å². The standard InChI is InChI=1S/C56H48N2/c1-35(2)39-21-25-43(26-22-39)57(51-19-11-15-41-13-7-9-17-47(41)51)53-33-37(5)45-30-32-50-54(34-38(6)46-29-31-49(53)55(45)56(46)50)58(44-27-23-40(24-28-44)36(3)4)52-20-12-16-42-14-8-10-18-48(42)52/h7-36H,1-6H3. The van der Waals surface area contributed by atoms with Gasteiger partial charge in [-0.2, -0.15) is 0 Å². The summed E-state index contributed by atoms with van der Waals surface area (Å²) in [5, 5.41) is 12.6. The van der Waals surface area contributed by atoms with Gasteiger partial charge in [0.1, 0.15) is 0 Å². The van der Waals surface area contributed by atoms with Crippen molar-refractivity contribution in [3.05, 3.63) is 192 Å². The van der Waals surface area contributed by atoms with E-state index in [1.807, 2.05) is 0 Å². The molecule has 0 fully saturated rings. The minimum atomic E-state index is 0.455. The van der Waals surface area contributed by atoms with E-state index in [0.717, 1.165) is 11.4 Å². The number of aryl methyl sites for hydroxylation is 2. The molecule has 2 heteroatoms. The number of benzene rings is 10. The van der Waals surface area contributed by atoms with Crippen LogP contribution in [-0.4, -0.2) is 0 Å². The van der Waals surface area contributed by atoms with Crippen molar-refractivity contribution in [3.8, 4) is 0 Å². The summed E-state index contributed by atoms with van der Waals surface area (Å²) in [5.41, 5.74) is 12.2. The first kappa shape index (κ1) is 35.8. The average Bonchev–Trinajstić information content (AvgIpc) is 3.25. The van der Waals surface area contributed by atoms with Crippen LogP contribution >= 0.6 is 0 Å². The Bertz CT molecular complexity index is 2910. The van der Waals surface area contributed by atoms with Crippen molar-refractivity contribution in [2.45, 2.75) is 53.4 Å². The molecule has 0 heterocycles. The second kappa shape index (κ2) is 14.1. The summed E-state index contributed by atoms with van der Waals surface area (Å²) in [6.45, 7) is 13.6. The summed E-state index contributed by atoms with van der Waals surface area (Å²) in [5.74, 6) is 0.909. The van der Waals surface area contributed by atoms with Gasteiger partial charge >= 0.3 is 0 Å². The van der Waals surface area contributed by atoms with E-state index in [0.29, 0.717) is 11.8 Å². The molecule has 0 aliphatic carbocycles. The maximum absolute atomic E-state index is 2.50. The topological polar surface area (TPSA) is 6.48 Å². The molecular weight excluding hydrogens is 701 g/mol. The first-order valence-corrected chi connectivity index (χ1v) is 20.7. The Balaban J connectivity index is 1.28. The lowest BCUT2D eigenvalue weighted by Gasteiger charge is -2.31. The maximum atomic E-state index is 2.50. The third-order valence-electron chi connectivity index (χ3n) is 12.4. The summed E-state index contributed by atoms with van der Waals surface area (Å²) < 4.78 is 0. The Hall–Kier alpha value is -6.64. The zero-order valence-electron chi connectivity index (χ0n) is 34.2. The van der Waals surface area contributed by atoms with Gasteiger partial charge in [-0.25, -0.2) is 0 Å². The molecule has 0 unspecified atom stereocenters. The third kappa shape index (κ3) is 5.78. The van der Waals surface area contributed by atoms with Crippen LogP contribution in [0, 0.1) is 13.8 Å². The summed E-state index contributed by atoms with van der Waals surface area (Å²) in [7, 11) is 0. The molecule has 0 saturated carbocycles. The van der Waals surface area contributed by atoms with Gasteiger partial charge in [-0.05, 0) is 129 Å². The van der Waals surface area contributed by atoms with Crippen molar-refractivity contribution in [3.63, 3.8) is 0 Å². The van der Waals surface area contributed by atoms with Gasteiger partial charge in [-0.1, -0.05) is 149 Å². The maximum Gasteiger partial charge on any atom is 0.0543 e. The van der Waals surface area contributed by atoms with Crippen LogP contribution in [0.1, 0.15) is 61.8 Å². The van der Waals surface area contributed by atoms with Crippen LogP contribution < -0.4 is 9.80 Å². The molecule has 0 spiro atoms. The largest absolute Gasteiger partial charge is 0.309 e. The summed E-state index contributed by atoms with van der Waals surface area (Å²) >= 11 is 0. The van der Waals surface area contributed by atoms with Crippen LogP contribution in [0.2, 0.25) is 0 Å². The van der Waals surface area contributed by atoms with Gasteiger partial charge in [0.2, 0.25) is 0 Å². The van der Waals surface area contributed by atoms with Crippen LogP contribution in [0.25, 0.3) is 53.9 Å². The van der Waals surface area contributed by atoms with Crippen LogP contribution in [0.15, 0.2) is 170 Å². The highest BCUT2D eigenvalue weighted by Gasteiger charge is 2.25. The molecule has 10 aromatic carbocycles. The lowest BCUT2D eigenvalue weighted by atomic mass is 9.88. The molecule has 58 heavy (non-hydrogen) atoms. The quantitative estimate of drug-likeness (QED) is 0.143. The molecule has 0 radical (unpaired) electrons. The predicted molar refractivity (Wildman–Crippen MR) is 252 cm³/mol. The van der Waals surface area contributed by atoms with Crippen LogP contribution in [0.3, 0.4) is 0 Å².